The largest absolute Gasteiger partial charge is 0.255 e. The van der Waals surface area contributed by atoms with Gasteiger partial charge in [-0.25, -0.2) is 0 Å². The third-order valence-corrected chi connectivity index (χ3v) is 8.07. The number of halogens is 8. The van der Waals surface area contributed by atoms with Crippen LogP contribution in [-0.2, 0) is 17.1 Å². The zero-order valence-electron chi connectivity index (χ0n) is 20.7. The molecule has 0 heterocycles. The Morgan fingerprint density at radius 3 is 1.05 bits per heavy atom. The molecule has 11 heteroatoms. The zero-order chi connectivity index (χ0) is 28.4. The van der Waals surface area contributed by atoms with Gasteiger partial charge in [0.2, 0.25) is 0 Å². The summed E-state index contributed by atoms with van der Waals surface area (Å²) in [6.07, 6.45) is 0.426. The molecule has 0 N–H and O–H groups in total. The van der Waals surface area contributed by atoms with Gasteiger partial charge in [0.25, 0.3) is 0 Å². The van der Waals surface area contributed by atoms with E-state index in [-0.39, 0.29) is 17.1 Å². The van der Waals surface area contributed by atoms with Gasteiger partial charge in [0, 0.05) is 66.1 Å². The molecule has 4 rings (SSSR count). The minimum Gasteiger partial charge on any atom is -0.255 e. The van der Waals surface area contributed by atoms with Crippen molar-refractivity contribution in [3.63, 3.8) is 0 Å². The van der Waals surface area contributed by atoms with Gasteiger partial charge in [-0.2, -0.15) is 0 Å². The molecule has 1 radical (unpaired) electrons. The van der Waals surface area contributed by atoms with Gasteiger partial charge in [-0.1, -0.05) is 105 Å². The second-order valence-corrected chi connectivity index (χ2v) is 11.9. The quantitative estimate of drug-likeness (QED) is 0.139. The zero-order valence-corrected chi connectivity index (χ0v) is 27.7. The SMILES string of the molecule is CC(CC(C)=Nc1c(Cl)cc(-c2c(Cl)cccc2Cl)cc1Cl)=Nc1c(Cl)cc(-c2c(Cl)cccc2Cl)cc1Cl.[Cu]. The van der Waals surface area contributed by atoms with Crippen LogP contribution in [0.4, 0.5) is 11.4 Å². The maximum atomic E-state index is 6.57. The van der Waals surface area contributed by atoms with Gasteiger partial charge < -0.3 is 0 Å². The van der Waals surface area contributed by atoms with Crippen LogP contribution in [0.2, 0.25) is 40.2 Å². The minimum absolute atomic E-state index is 0. The van der Waals surface area contributed by atoms with Gasteiger partial charge in [0.05, 0.1) is 20.1 Å². The first-order valence-corrected chi connectivity index (χ1v) is 14.4. The Bertz CT molecular complexity index is 1440. The summed E-state index contributed by atoms with van der Waals surface area (Å²) in [5.74, 6) is 0. The molecule has 4 aromatic carbocycles. The fraction of sp³-hybridized carbons (Fsp3) is 0.103. The summed E-state index contributed by atoms with van der Waals surface area (Å²) in [5, 5.41) is 3.43. The molecule has 0 aliphatic carbocycles. The van der Waals surface area contributed by atoms with Crippen LogP contribution in [0.5, 0.6) is 0 Å². The van der Waals surface area contributed by atoms with E-state index in [9.17, 15) is 0 Å². The van der Waals surface area contributed by atoms with Gasteiger partial charge >= 0.3 is 0 Å². The molecule has 0 aliphatic rings. The second kappa shape index (κ2) is 14.5. The molecule has 4 aromatic rings. The molecule has 0 saturated heterocycles. The first kappa shape index (κ1) is 33.6. The van der Waals surface area contributed by atoms with Gasteiger partial charge in [-0.15, -0.1) is 0 Å². The van der Waals surface area contributed by atoms with Gasteiger partial charge in [0.1, 0.15) is 11.4 Å². The Morgan fingerprint density at radius 2 is 0.775 bits per heavy atom. The summed E-state index contributed by atoms with van der Waals surface area (Å²) < 4.78 is 0. The molecule has 0 saturated carbocycles. The van der Waals surface area contributed by atoms with E-state index in [2.05, 4.69) is 9.98 Å². The fourth-order valence-electron chi connectivity index (χ4n) is 4.01. The van der Waals surface area contributed by atoms with E-state index in [0.717, 1.165) is 11.4 Å². The van der Waals surface area contributed by atoms with Crippen LogP contribution in [0, 0.1) is 0 Å². The van der Waals surface area contributed by atoms with Crippen molar-refractivity contribution in [1.82, 2.24) is 0 Å². The molecule has 0 atom stereocenters. The number of aliphatic imine (C=N–C) groups is 2. The average molecular weight is 742 g/mol. The average Bonchev–Trinajstić information content (AvgIpc) is 2.83. The Kier molecular flexibility index (Phi) is 12.2. The predicted molar refractivity (Wildman–Crippen MR) is 174 cm³/mol. The van der Waals surface area contributed by atoms with E-state index < -0.39 is 0 Å². The van der Waals surface area contributed by atoms with Crippen LogP contribution in [-0.4, -0.2) is 11.4 Å². The molecule has 0 aliphatic heterocycles. The van der Waals surface area contributed by atoms with E-state index in [4.69, 9.17) is 92.8 Å². The number of nitrogens with zero attached hydrogens (tertiary/aromatic N) is 2. The Morgan fingerprint density at radius 1 is 0.500 bits per heavy atom. The van der Waals surface area contributed by atoms with Crippen LogP contribution in [0.1, 0.15) is 20.3 Å². The van der Waals surface area contributed by atoms with E-state index in [1.165, 1.54) is 0 Å². The minimum atomic E-state index is 0. The molecule has 0 bridgehead atoms. The number of benzene rings is 4. The topological polar surface area (TPSA) is 24.7 Å². The van der Waals surface area contributed by atoms with Gasteiger partial charge in [0.15, 0.2) is 0 Å². The van der Waals surface area contributed by atoms with E-state index in [1.54, 1.807) is 60.7 Å². The molecule has 40 heavy (non-hydrogen) atoms. The first-order valence-electron chi connectivity index (χ1n) is 11.4. The van der Waals surface area contributed by atoms with Crippen molar-refractivity contribution in [2.24, 2.45) is 9.98 Å². The molecular weight excluding hydrogens is 724 g/mol. The van der Waals surface area contributed by atoms with Crippen molar-refractivity contribution in [2.45, 2.75) is 20.3 Å². The van der Waals surface area contributed by atoms with Crippen LogP contribution in [0.25, 0.3) is 22.3 Å². The normalized spacial score (nSPS) is 11.9. The summed E-state index contributed by atoms with van der Waals surface area (Å²) in [7, 11) is 0. The number of hydrogen-bond acceptors (Lipinski definition) is 2. The van der Waals surface area contributed by atoms with Crippen molar-refractivity contribution in [2.75, 3.05) is 0 Å². The van der Waals surface area contributed by atoms with Crippen LogP contribution in [0.3, 0.4) is 0 Å². The third-order valence-electron chi connectivity index (χ3n) is 5.65. The molecular formula is C29H18Cl8CuN2. The Labute approximate surface area is 283 Å². The molecule has 0 unspecified atom stereocenters. The molecule has 0 fully saturated rings. The van der Waals surface area contributed by atoms with Crippen molar-refractivity contribution >= 4 is 116 Å². The van der Waals surface area contributed by atoms with E-state index in [0.29, 0.717) is 80.2 Å². The second-order valence-electron chi connectivity index (χ2n) is 8.64. The summed E-state index contributed by atoms with van der Waals surface area (Å²) in [6.45, 7) is 3.71. The van der Waals surface area contributed by atoms with Crippen molar-refractivity contribution in [3.05, 3.63) is 101 Å². The molecule has 0 amide bonds. The van der Waals surface area contributed by atoms with Crippen LogP contribution >= 0.6 is 92.8 Å². The first-order chi connectivity index (χ1) is 18.5. The van der Waals surface area contributed by atoms with Crippen molar-refractivity contribution < 1.29 is 17.1 Å². The monoisotopic (exact) mass is 737 g/mol. The predicted octanol–water partition coefficient (Wildman–Crippen LogP) is 13.5. The molecule has 0 spiro atoms. The summed E-state index contributed by atoms with van der Waals surface area (Å²) in [4.78, 5) is 9.30. The van der Waals surface area contributed by atoms with Crippen molar-refractivity contribution in [3.8, 4) is 22.3 Å². The summed E-state index contributed by atoms with van der Waals surface area (Å²) >= 11 is 51.7. The Balaban J connectivity index is 0.00000441. The molecule has 211 valence electrons. The molecule has 0 aromatic heterocycles. The number of hydrogen-bond donors (Lipinski definition) is 0. The van der Waals surface area contributed by atoms with Gasteiger partial charge in [-0.3, -0.25) is 9.98 Å². The summed E-state index contributed by atoms with van der Waals surface area (Å²) in [6, 6.07) is 17.5. The maximum Gasteiger partial charge on any atom is 0.100 e. The standard InChI is InChI=1S/C29H18Cl8N2.Cu/c1-14(38-28-22(34)10-16(11-23(28)35)26-18(30)5-3-6-19(26)31)9-15(2)39-29-24(36)12-17(13-25(29)37)27-20(32)7-4-8-21(27)33;/h3-8,10-13H,9H2,1-2H3;. The third kappa shape index (κ3) is 7.71. The Hall–Kier alpha value is -0.941. The molecule has 2 nitrogen and oxygen atoms in total. The summed E-state index contributed by atoms with van der Waals surface area (Å²) in [5.41, 5.74) is 5.03. The van der Waals surface area contributed by atoms with Crippen LogP contribution in [0.15, 0.2) is 70.6 Å². The smallest absolute Gasteiger partial charge is 0.100 e. The number of rotatable bonds is 6. The van der Waals surface area contributed by atoms with Crippen molar-refractivity contribution in [1.29, 1.82) is 0 Å². The van der Waals surface area contributed by atoms with E-state index in [1.807, 2.05) is 13.8 Å². The van der Waals surface area contributed by atoms with Gasteiger partial charge in [-0.05, 0) is 73.5 Å². The van der Waals surface area contributed by atoms with Crippen LogP contribution < -0.4 is 0 Å². The van der Waals surface area contributed by atoms with E-state index >= 15 is 0 Å². The maximum absolute atomic E-state index is 6.57. The fourth-order valence-corrected chi connectivity index (χ4v) is 6.39.